The number of anilines is 1. The monoisotopic (exact) mass is 330 g/mol. The van der Waals surface area contributed by atoms with E-state index in [1.807, 2.05) is 30.3 Å². The third-order valence-corrected chi connectivity index (χ3v) is 4.24. The lowest BCUT2D eigenvalue weighted by Gasteiger charge is -2.10. The zero-order valence-electron chi connectivity index (χ0n) is 12.2. The number of amides is 1. The highest BCUT2D eigenvalue weighted by Crippen LogP contribution is 2.31. The molecule has 2 aromatic heterocycles. The van der Waals surface area contributed by atoms with Crippen LogP contribution in [0.25, 0.3) is 0 Å². The number of H-pyrrole nitrogens is 2. The number of aromatic nitrogens is 5. The highest BCUT2D eigenvalue weighted by Gasteiger charge is 2.19. The van der Waals surface area contributed by atoms with Crippen molar-refractivity contribution in [3.63, 3.8) is 0 Å². The molecule has 0 saturated heterocycles. The van der Waals surface area contributed by atoms with Gasteiger partial charge in [-0.15, -0.1) is 15.3 Å². The van der Waals surface area contributed by atoms with Crippen LogP contribution >= 0.6 is 11.3 Å². The third kappa shape index (κ3) is 3.34. The van der Waals surface area contributed by atoms with E-state index in [4.69, 9.17) is 0 Å². The normalized spacial score (nSPS) is 12.0. The number of benzene rings is 1. The topological polar surface area (TPSA) is 116 Å². The number of nitrogens with zero attached hydrogens (tertiary/aromatic N) is 3. The lowest BCUT2D eigenvalue weighted by Crippen LogP contribution is -2.14. The first-order chi connectivity index (χ1) is 11.2. The maximum absolute atomic E-state index is 11.9. The van der Waals surface area contributed by atoms with E-state index in [-0.39, 0.29) is 11.7 Å². The number of carbonyl (C=O) groups excluding carboxylic acids is 1. The Morgan fingerprint density at radius 3 is 2.74 bits per heavy atom. The number of aromatic amines is 2. The quantitative estimate of drug-likeness (QED) is 0.659. The van der Waals surface area contributed by atoms with E-state index in [9.17, 15) is 9.59 Å². The molecule has 0 aliphatic carbocycles. The van der Waals surface area contributed by atoms with Gasteiger partial charge < -0.3 is 0 Å². The summed E-state index contributed by atoms with van der Waals surface area (Å²) < 4.78 is 0. The van der Waals surface area contributed by atoms with Crippen LogP contribution in [0.2, 0.25) is 0 Å². The summed E-state index contributed by atoms with van der Waals surface area (Å²) in [6, 6.07) is 10.0. The molecule has 3 rings (SSSR count). The zero-order chi connectivity index (χ0) is 16.2. The Bertz CT molecular complexity index is 853. The first kappa shape index (κ1) is 15.1. The van der Waals surface area contributed by atoms with Gasteiger partial charge in [0.25, 0.3) is 5.91 Å². The molecule has 0 radical (unpaired) electrons. The van der Waals surface area contributed by atoms with Gasteiger partial charge >= 0.3 is 5.69 Å². The number of rotatable bonds is 5. The number of nitrogens with one attached hydrogen (secondary N) is 3. The molecule has 0 unspecified atom stereocenters. The average Bonchev–Trinajstić information content (AvgIpc) is 3.19. The highest BCUT2D eigenvalue weighted by molar-refractivity contribution is 7.15. The molecule has 1 amide bonds. The average molecular weight is 330 g/mol. The molecule has 8 nitrogen and oxygen atoms in total. The highest BCUT2D eigenvalue weighted by atomic mass is 32.1. The summed E-state index contributed by atoms with van der Waals surface area (Å²) in [5.74, 6) is -0.509. The van der Waals surface area contributed by atoms with E-state index in [2.05, 4.69) is 37.6 Å². The lowest BCUT2D eigenvalue weighted by molar-refractivity contribution is 0.101. The summed E-state index contributed by atoms with van der Waals surface area (Å²) in [6.45, 7) is 2.08. The Balaban J connectivity index is 1.77. The Labute approximate surface area is 135 Å². The molecule has 118 valence electrons. The van der Waals surface area contributed by atoms with E-state index in [0.29, 0.717) is 5.13 Å². The van der Waals surface area contributed by atoms with Crippen molar-refractivity contribution in [1.82, 2.24) is 25.4 Å². The van der Waals surface area contributed by atoms with Crippen LogP contribution in [0.1, 0.15) is 40.5 Å². The van der Waals surface area contributed by atoms with Gasteiger partial charge in [-0.3, -0.25) is 15.1 Å². The Hall–Kier alpha value is -2.81. The molecular formula is C14H14N6O2S. The van der Waals surface area contributed by atoms with Gasteiger partial charge in [-0.05, 0) is 12.0 Å². The molecule has 0 bridgehead atoms. The maximum Gasteiger partial charge on any atom is 0.341 e. The second-order valence-electron chi connectivity index (χ2n) is 4.80. The second kappa shape index (κ2) is 6.53. The number of carbonyl (C=O) groups is 1. The van der Waals surface area contributed by atoms with Crippen LogP contribution in [0.4, 0.5) is 5.13 Å². The van der Waals surface area contributed by atoms with Gasteiger partial charge in [0.15, 0.2) is 0 Å². The summed E-state index contributed by atoms with van der Waals surface area (Å²) in [6.07, 6.45) is 0.874. The van der Waals surface area contributed by atoms with Crippen LogP contribution in [-0.4, -0.2) is 31.3 Å². The first-order valence-corrected chi connectivity index (χ1v) is 7.83. The molecule has 23 heavy (non-hydrogen) atoms. The van der Waals surface area contributed by atoms with Crippen LogP contribution in [-0.2, 0) is 0 Å². The fourth-order valence-corrected chi connectivity index (χ4v) is 3.15. The standard InChI is InChI=1S/C14H14N6O2S/c1-2-9(8-6-4-3-5-7-8)12-18-20-14(23-12)16-11(21)10-15-13(22)19-17-10/h3-7,9H,2H2,1H3,(H,16,20,21)(H2,15,17,19,22)/t9-/m1/s1. The Morgan fingerprint density at radius 2 is 2.09 bits per heavy atom. The molecule has 0 aliphatic rings. The van der Waals surface area contributed by atoms with Crippen molar-refractivity contribution in [3.8, 4) is 0 Å². The minimum Gasteiger partial charge on any atom is -0.294 e. The van der Waals surface area contributed by atoms with Crippen molar-refractivity contribution >= 4 is 22.4 Å². The predicted octanol–water partition coefficient (Wildman–Crippen LogP) is 1.74. The van der Waals surface area contributed by atoms with Crippen molar-refractivity contribution in [1.29, 1.82) is 0 Å². The van der Waals surface area contributed by atoms with Gasteiger partial charge in [-0.2, -0.15) is 0 Å². The largest absolute Gasteiger partial charge is 0.341 e. The van der Waals surface area contributed by atoms with Crippen molar-refractivity contribution < 1.29 is 4.79 Å². The molecule has 3 aromatic rings. The zero-order valence-corrected chi connectivity index (χ0v) is 13.1. The van der Waals surface area contributed by atoms with E-state index in [1.165, 1.54) is 11.3 Å². The molecule has 9 heteroatoms. The van der Waals surface area contributed by atoms with Gasteiger partial charge in [0.2, 0.25) is 11.0 Å². The Kier molecular flexibility index (Phi) is 4.29. The van der Waals surface area contributed by atoms with E-state index in [0.717, 1.165) is 17.0 Å². The third-order valence-electron chi connectivity index (χ3n) is 3.29. The fraction of sp³-hybridized carbons (Fsp3) is 0.214. The summed E-state index contributed by atoms with van der Waals surface area (Å²) in [7, 11) is 0. The van der Waals surface area contributed by atoms with Gasteiger partial charge in [0, 0.05) is 5.92 Å². The number of hydrogen-bond donors (Lipinski definition) is 3. The molecular weight excluding hydrogens is 316 g/mol. The van der Waals surface area contributed by atoms with E-state index >= 15 is 0 Å². The van der Waals surface area contributed by atoms with Crippen molar-refractivity contribution in [2.24, 2.45) is 0 Å². The molecule has 3 N–H and O–H groups in total. The van der Waals surface area contributed by atoms with Crippen LogP contribution < -0.4 is 11.0 Å². The summed E-state index contributed by atoms with van der Waals surface area (Å²) in [5.41, 5.74) is 0.615. The van der Waals surface area contributed by atoms with Crippen molar-refractivity contribution in [2.45, 2.75) is 19.3 Å². The van der Waals surface area contributed by atoms with Gasteiger partial charge in [0.05, 0.1) is 0 Å². The predicted molar refractivity (Wildman–Crippen MR) is 85.6 cm³/mol. The Morgan fingerprint density at radius 1 is 1.30 bits per heavy atom. The second-order valence-corrected chi connectivity index (χ2v) is 5.81. The van der Waals surface area contributed by atoms with E-state index in [1.54, 1.807) is 0 Å². The smallest absolute Gasteiger partial charge is 0.294 e. The minimum atomic E-state index is -0.543. The van der Waals surface area contributed by atoms with E-state index < -0.39 is 11.6 Å². The van der Waals surface area contributed by atoms with Crippen molar-refractivity contribution in [3.05, 3.63) is 57.2 Å². The van der Waals surface area contributed by atoms with Gasteiger partial charge in [0.1, 0.15) is 5.01 Å². The van der Waals surface area contributed by atoms with Gasteiger partial charge in [-0.25, -0.2) is 9.89 Å². The molecule has 1 aromatic carbocycles. The molecule has 2 heterocycles. The van der Waals surface area contributed by atoms with Gasteiger partial charge in [-0.1, -0.05) is 48.6 Å². The molecule has 0 aliphatic heterocycles. The summed E-state index contributed by atoms with van der Waals surface area (Å²) in [4.78, 5) is 25.2. The lowest BCUT2D eigenvalue weighted by atomic mass is 9.97. The minimum absolute atomic E-state index is 0.0955. The van der Waals surface area contributed by atoms with Crippen LogP contribution in [0, 0.1) is 0 Å². The maximum atomic E-state index is 11.9. The molecule has 1 atom stereocenters. The molecule has 0 saturated carbocycles. The summed E-state index contributed by atoms with van der Waals surface area (Å²) in [5, 5.41) is 17.6. The van der Waals surface area contributed by atoms with Crippen LogP contribution in [0.3, 0.4) is 0 Å². The fourth-order valence-electron chi connectivity index (χ4n) is 2.20. The number of hydrogen-bond acceptors (Lipinski definition) is 6. The first-order valence-electron chi connectivity index (χ1n) is 7.01. The summed E-state index contributed by atoms with van der Waals surface area (Å²) >= 11 is 1.31. The molecule has 0 spiro atoms. The molecule has 0 fully saturated rings. The van der Waals surface area contributed by atoms with Crippen molar-refractivity contribution in [2.75, 3.05) is 5.32 Å². The SMILES string of the molecule is CC[C@H](c1ccccc1)c1nnc(NC(=O)c2n[nH]c(=O)[nH]2)s1. The van der Waals surface area contributed by atoms with Crippen LogP contribution in [0.5, 0.6) is 0 Å². The van der Waals surface area contributed by atoms with Crippen LogP contribution in [0.15, 0.2) is 35.1 Å².